The number of ether oxygens (including phenoxy) is 1. The summed E-state index contributed by atoms with van der Waals surface area (Å²) in [5.41, 5.74) is 2.76. The third-order valence-corrected chi connectivity index (χ3v) is 4.66. The van der Waals surface area contributed by atoms with Crippen LogP contribution in [0.3, 0.4) is 0 Å². The topological polar surface area (TPSA) is 32.7 Å². The molecule has 20 heavy (non-hydrogen) atoms. The Hall–Kier alpha value is -1.06. The number of aryl methyl sites for hydroxylation is 1. The fourth-order valence-electron chi connectivity index (χ4n) is 3.78. The van der Waals surface area contributed by atoms with E-state index < -0.39 is 0 Å². The first-order valence-corrected chi connectivity index (χ1v) is 7.95. The Kier molecular flexibility index (Phi) is 4.27. The zero-order valence-corrected chi connectivity index (χ0v) is 12.3. The SMILES string of the molecule is CCOC1CCCN(C2CCCc3cc(O)ccc32)C1. The standard InChI is InChI=1S/C17H25NO2/c1-2-20-15-6-4-10-18(12-15)17-7-3-5-13-11-14(19)8-9-16(13)17/h8-9,11,15,17,19H,2-7,10,12H2,1H3. The molecule has 1 heterocycles. The number of benzene rings is 1. The summed E-state index contributed by atoms with van der Waals surface area (Å²) in [6, 6.07) is 6.42. The van der Waals surface area contributed by atoms with Crippen LogP contribution in [0.4, 0.5) is 0 Å². The Labute approximate surface area is 121 Å². The monoisotopic (exact) mass is 275 g/mol. The first kappa shape index (κ1) is 13.9. The molecule has 3 nitrogen and oxygen atoms in total. The van der Waals surface area contributed by atoms with Gasteiger partial charge in [-0.2, -0.15) is 0 Å². The van der Waals surface area contributed by atoms with Gasteiger partial charge < -0.3 is 9.84 Å². The lowest BCUT2D eigenvalue weighted by Gasteiger charge is -2.40. The molecule has 110 valence electrons. The van der Waals surface area contributed by atoms with Gasteiger partial charge in [-0.1, -0.05) is 6.07 Å². The van der Waals surface area contributed by atoms with Crippen molar-refractivity contribution in [3.63, 3.8) is 0 Å². The van der Waals surface area contributed by atoms with Crippen molar-refractivity contribution in [3.05, 3.63) is 29.3 Å². The Morgan fingerprint density at radius 1 is 1.30 bits per heavy atom. The maximum Gasteiger partial charge on any atom is 0.115 e. The van der Waals surface area contributed by atoms with Gasteiger partial charge in [0.25, 0.3) is 0 Å². The number of piperidine rings is 1. The molecule has 1 fully saturated rings. The lowest BCUT2D eigenvalue weighted by molar-refractivity contribution is -0.0101. The number of rotatable bonds is 3. The number of nitrogens with zero attached hydrogens (tertiary/aromatic N) is 1. The summed E-state index contributed by atoms with van der Waals surface area (Å²) in [5, 5.41) is 9.66. The third-order valence-electron chi connectivity index (χ3n) is 4.66. The van der Waals surface area contributed by atoms with Crippen molar-refractivity contribution in [1.29, 1.82) is 0 Å². The van der Waals surface area contributed by atoms with E-state index in [1.54, 1.807) is 0 Å². The van der Waals surface area contributed by atoms with E-state index in [0.29, 0.717) is 17.9 Å². The highest BCUT2D eigenvalue weighted by Crippen LogP contribution is 2.37. The van der Waals surface area contributed by atoms with Gasteiger partial charge in [-0.05, 0) is 68.8 Å². The minimum absolute atomic E-state index is 0.398. The molecule has 3 rings (SSSR count). The van der Waals surface area contributed by atoms with Gasteiger partial charge in [-0.15, -0.1) is 0 Å². The van der Waals surface area contributed by atoms with Crippen LogP contribution in [0.25, 0.3) is 0 Å². The van der Waals surface area contributed by atoms with E-state index in [0.717, 1.165) is 19.6 Å². The second-order valence-electron chi connectivity index (χ2n) is 6.01. The van der Waals surface area contributed by atoms with Gasteiger partial charge in [-0.25, -0.2) is 0 Å². The largest absolute Gasteiger partial charge is 0.508 e. The van der Waals surface area contributed by atoms with Gasteiger partial charge in [0.05, 0.1) is 6.10 Å². The van der Waals surface area contributed by atoms with E-state index in [2.05, 4.69) is 17.9 Å². The average Bonchev–Trinajstić information content (AvgIpc) is 2.47. The number of phenols is 1. The summed E-state index contributed by atoms with van der Waals surface area (Å²) >= 11 is 0. The zero-order valence-electron chi connectivity index (χ0n) is 12.3. The minimum Gasteiger partial charge on any atom is -0.508 e. The molecule has 2 unspecified atom stereocenters. The summed E-state index contributed by atoms with van der Waals surface area (Å²) in [6.45, 7) is 5.12. The Morgan fingerprint density at radius 3 is 3.05 bits per heavy atom. The maximum atomic E-state index is 9.66. The van der Waals surface area contributed by atoms with Crippen molar-refractivity contribution in [1.82, 2.24) is 4.90 Å². The van der Waals surface area contributed by atoms with E-state index >= 15 is 0 Å². The molecule has 0 saturated carbocycles. The van der Waals surface area contributed by atoms with Crippen molar-refractivity contribution in [2.75, 3.05) is 19.7 Å². The van der Waals surface area contributed by atoms with Crippen molar-refractivity contribution < 1.29 is 9.84 Å². The Balaban J connectivity index is 1.78. The summed E-state index contributed by atoms with van der Waals surface area (Å²) < 4.78 is 5.83. The molecule has 1 aliphatic carbocycles. The van der Waals surface area contributed by atoms with Crippen LogP contribution in [0.15, 0.2) is 18.2 Å². The van der Waals surface area contributed by atoms with E-state index in [1.165, 1.54) is 43.4 Å². The molecule has 1 aromatic rings. The predicted octanol–water partition coefficient (Wildman–Crippen LogP) is 3.27. The van der Waals surface area contributed by atoms with E-state index in [-0.39, 0.29) is 0 Å². The Bertz CT molecular complexity index is 458. The van der Waals surface area contributed by atoms with Gasteiger partial charge in [-0.3, -0.25) is 4.90 Å². The molecule has 0 radical (unpaired) electrons. The van der Waals surface area contributed by atoms with Crippen molar-refractivity contribution >= 4 is 0 Å². The van der Waals surface area contributed by atoms with Gasteiger partial charge >= 0.3 is 0 Å². The average molecular weight is 275 g/mol. The maximum absolute atomic E-state index is 9.66. The predicted molar refractivity (Wildman–Crippen MR) is 80.0 cm³/mol. The molecule has 2 aliphatic rings. The minimum atomic E-state index is 0.398. The second-order valence-corrected chi connectivity index (χ2v) is 6.01. The molecule has 0 bridgehead atoms. The number of likely N-dealkylation sites (tertiary alicyclic amines) is 1. The van der Waals surface area contributed by atoms with Crippen LogP contribution >= 0.6 is 0 Å². The normalized spacial score (nSPS) is 27.2. The van der Waals surface area contributed by atoms with Crippen molar-refractivity contribution in [2.45, 2.75) is 51.2 Å². The number of hydrogen-bond donors (Lipinski definition) is 1. The molecule has 1 N–H and O–H groups in total. The number of aromatic hydroxyl groups is 1. The Morgan fingerprint density at radius 2 is 2.20 bits per heavy atom. The fourth-order valence-corrected chi connectivity index (χ4v) is 3.78. The first-order valence-electron chi connectivity index (χ1n) is 7.95. The molecule has 1 aliphatic heterocycles. The zero-order chi connectivity index (χ0) is 13.9. The molecule has 0 spiro atoms. The fraction of sp³-hybridized carbons (Fsp3) is 0.647. The molecular formula is C17H25NO2. The smallest absolute Gasteiger partial charge is 0.115 e. The highest BCUT2D eigenvalue weighted by atomic mass is 16.5. The highest BCUT2D eigenvalue weighted by Gasteiger charge is 2.30. The summed E-state index contributed by atoms with van der Waals surface area (Å²) in [4.78, 5) is 2.60. The van der Waals surface area contributed by atoms with Crippen molar-refractivity contribution in [3.8, 4) is 5.75 Å². The highest BCUT2D eigenvalue weighted by molar-refractivity contribution is 5.38. The van der Waals surface area contributed by atoms with Crippen LogP contribution in [0.1, 0.15) is 49.8 Å². The van der Waals surface area contributed by atoms with Crippen LogP contribution in [-0.4, -0.2) is 35.8 Å². The lowest BCUT2D eigenvalue weighted by Crippen LogP contribution is -2.42. The van der Waals surface area contributed by atoms with E-state index in [1.807, 2.05) is 12.1 Å². The van der Waals surface area contributed by atoms with Gasteiger partial charge in [0, 0.05) is 19.2 Å². The number of fused-ring (bicyclic) bond motifs is 1. The van der Waals surface area contributed by atoms with Crippen LogP contribution in [0.2, 0.25) is 0 Å². The first-order chi connectivity index (χ1) is 9.78. The summed E-state index contributed by atoms with van der Waals surface area (Å²) in [6.07, 6.45) is 6.38. The molecule has 3 heteroatoms. The number of hydrogen-bond acceptors (Lipinski definition) is 3. The molecule has 1 aromatic carbocycles. The van der Waals surface area contributed by atoms with Crippen LogP contribution in [-0.2, 0) is 11.2 Å². The van der Waals surface area contributed by atoms with Crippen LogP contribution in [0.5, 0.6) is 5.75 Å². The quantitative estimate of drug-likeness (QED) is 0.919. The number of phenolic OH excluding ortho intramolecular Hbond substituents is 1. The third kappa shape index (κ3) is 2.84. The van der Waals surface area contributed by atoms with E-state index in [4.69, 9.17) is 4.74 Å². The lowest BCUT2D eigenvalue weighted by atomic mass is 9.85. The van der Waals surface area contributed by atoms with Gasteiger partial charge in [0.15, 0.2) is 0 Å². The van der Waals surface area contributed by atoms with Crippen LogP contribution < -0.4 is 0 Å². The van der Waals surface area contributed by atoms with Crippen LogP contribution in [0, 0.1) is 0 Å². The van der Waals surface area contributed by atoms with Crippen molar-refractivity contribution in [2.24, 2.45) is 0 Å². The molecule has 2 atom stereocenters. The van der Waals surface area contributed by atoms with E-state index in [9.17, 15) is 5.11 Å². The summed E-state index contributed by atoms with van der Waals surface area (Å²) in [7, 11) is 0. The molecule has 0 amide bonds. The molecule has 1 saturated heterocycles. The van der Waals surface area contributed by atoms with Gasteiger partial charge in [0.2, 0.25) is 0 Å². The molecular weight excluding hydrogens is 250 g/mol. The summed E-state index contributed by atoms with van der Waals surface area (Å²) in [5.74, 6) is 0.398. The second kappa shape index (κ2) is 6.15. The molecule has 0 aromatic heterocycles. The van der Waals surface area contributed by atoms with Gasteiger partial charge in [0.1, 0.15) is 5.75 Å².